The van der Waals surface area contributed by atoms with Crippen molar-refractivity contribution in [1.82, 2.24) is 20.0 Å². The summed E-state index contributed by atoms with van der Waals surface area (Å²) >= 11 is 0. The van der Waals surface area contributed by atoms with E-state index in [9.17, 15) is 9.59 Å². The summed E-state index contributed by atoms with van der Waals surface area (Å²) < 4.78 is 0. The zero-order chi connectivity index (χ0) is 15.0. The van der Waals surface area contributed by atoms with Crippen LogP contribution in [0.25, 0.3) is 0 Å². The van der Waals surface area contributed by atoms with E-state index in [1.54, 1.807) is 19.0 Å². The molecule has 0 radical (unpaired) electrons. The maximum Gasteiger partial charge on any atom is 0.236 e. The molecule has 1 N–H and O–H groups in total. The van der Waals surface area contributed by atoms with Crippen LogP contribution in [0.1, 0.15) is 19.3 Å². The Morgan fingerprint density at radius 2 is 1.90 bits per heavy atom. The summed E-state index contributed by atoms with van der Waals surface area (Å²) in [6.45, 7) is 4.55. The maximum atomic E-state index is 12.1. The van der Waals surface area contributed by atoms with Crippen molar-refractivity contribution in [3.05, 3.63) is 0 Å². The van der Waals surface area contributed by atoms with Crippen LogP contribution in [0.15, 0.2) is 0 Å². The minimum atomic E-state index is 0.124. The number of nitrogens with zero attached hydrogens (tertiary/aromatic N) is 3. The third kappa shape index (κ3) is 5.88. The molecule has 1 fully saturated rings. The molecule has 1 rings (SSSR count). The lowest BCUT2D eigenvalue weighted by Gasteiger charge is -2.22. The van der Waals surface area contributed by atoms with Crippen molar-refractivity contribution in [3.63, 3.8) is 0 Å². The minimum Gasteiger partial charge on any atom is -0.348 e. The number of carbonyl (C=O) groups excluding carboxylic acids is 2. The number of hydrogen-bond acceptors (Lipinski definition) is 4. The van der Waals surface area contributed by atoms with Gasteiger partial charge >= 0.3 is 0 Å². The van der Waals surface area contributed by atoms with Crippen LogP contribution in [0.4, 0.5) is 0 Å². The summed E-state index contributed by atoms with van der Waals surface area (Å²) in [6, 6.07) is 0. The fourth-order valence-corrected chi connectivity index (χ4v) is 2.29. The van der Waals surface area contributed by atoms with Gasteiger partial charge in [-0.1, -0.05) is 0 Å². The van der Waals surface area contributed by atoms with E-state index in [1.807, 2.05) is 11.9 Å². The van der Waals surface area contributed by atoms with Crippen LogP contribution in [0.5, 0.6) is 0 Å². The smallest absolute Gasteiger partial charge is 0.236 e. The van der Waals surface area contributed by atoms with Gasteiger partial charge in [-0.05, 0) is 26.4 Å². The van der Waals surface area contributed by atoms with Crippen LogP contribution in [0.3, 0.4) is 0 Å². The van der Waals surface area contributed by atoms with Crippen molar-refractivity contribution in [2.75, 3.05) is 60.4 Å². The van der Waals surface area contributed by atoms with E-state index in [0.29, 0.717) is 13.0 Å². The first-order valence-corrected chi connectivity index (χ1v) is 7.39. The monoisotopic (exact) mass is 284 g/mol. The van der Waals surface area contributed by atoms with E-state index in [-0.39, 0.29) is 11.8 Å². The van der Waals surface area contributed by atoms with Crippen LogP contribution in [0.2, 0.25) is 0 Å². The topological polar surface area (TPSA) is 55.9 Å². The highest BCUT2D eigenvalue weighted by Gasteiger charge is 2.20. The van der Waals surface area contributed by atoms with E-state index >= 15 is 0 Å². The summed E-state index contributed by atoms with van der Waals surface area (Å²) in [5, 5.41) is 3.06. The van der Waals surface area contributed by atoms with Gasteiger partial charge in [0, 0.05) is 46.7 Å². The number of nitrogens with one attached hydrogen (secondary N) is 1. The molecule has 0 saturated carbocycles. The van der Waals surface area contributed by atoms with Gasteiger partial charge in [-0.25, -0.2) is 0 Å². The van der Waals surface area contributed by atoms with E-state index < -0.39 is 0 Å². The van der Waals surface area contributed by atoms with Crippen LogP contribution in [-0.4, -0.2) is 86.9 Å². The SMILES string of the molecule is CNCCCC(=O)N1CCCN(CC(=O)N(C)C)CC1. The van der Waals surface area contributed by atoms with Crippen molar-refractivity contribution in [3.8, 4) is 0 Å². The van der Waals surface area contributed by atoms with E-state index in [0.717, 1.165) is 45.6 Å². The lowest BCUT2D eigenvalue weighted by atomic mass is 10.2. The van der Waals surface area contributed by atoms with Crippen molar-refractivity contribution in [1.29, 1.82) is 0 Å². The van der Waals surface area contributed by atoms with Crippen molar-refractivity contribution >= 4 is 11.8 Å². The third-order valence-corrected chi connectivity index (χ3v) is 3.62. The van der Waals surface area contributed by atoms with Gasteiger partial charge in [0.1, 0.15) is 0 Å². The molecular weight excluding hydrogens is 256 g/mol. The zero-order valence-corrected chi connectivity index (χ0v) is 13.0. The fourth-order valence-electron chi connectivity index (χ4n) is 2.29. The third-order valence-electron chi connectivity index (χ3n) is 3.62. The average Bonchev–Trinajstić information content (AvgIpc) is 2.64. The maximum absolute atomic E-state index is 12.1. The molecule has 0 atom stereocenters. The summed E-state index contributed by atoms with van der Waals surface area (Å²) in [7, 11) is 5.45. The lowest BCUT2D eigenvalue weighted by Crippen LogP contribution is -2.39. The molecular formula is C14H28N4O2. The first kappa shape index (κ1) is 16.9. The quantitative estimate of drug-likeness (QED) is 0.675. The lowest BCUT2D eigenvalue weighted by molar-refractivity contribution is -0.131. The molecule has 0 aromatic heterocycles. The zero-order valence-electron chi connectivity index (χ0n) is 13.0. The van der Waals surface area contributed by atoms with E-state index in [2.05, 4.69) is 10.2 Å². The summed E-state index contributed by atoms with van der Waals surface area (Å²) in [6.07, 6.45) is 2.44. The minimum absolute atomic E-state index is 0.124. The Hall–Kier alpha value is -1.14. The Bertz CT molecular complexity index is 320. The number of hydrogen-bond donors (Lipinski definition) is 1. The summed E-state index contributed by atoms with van der Waals surface area (Å²) in [5.41, 5.74) is 0. The van der Waals surface area contributed by atoms with Gasteiger partial charge in [-0.2, -0.15) is 0 Å². The number of likely N-dealkylation sites (N-methyl/N-ethyl adjacent to an activating group) is 1. The largest absolute Gasteiger partial charge is 0.348 e. The number of amides is 2. The Balaban J connectivity index is 2.35. The molecule has 0 aromatic rings. The van der Waals surface area contributed by atoms with Crippen LogP contribution < -0.4 is 5.32 Å². The highest BCUT2D eigenvalue weighted by atomic mass is 16.2. The molecule has 1 aliphatic heterocycles. The molecule has 1 aliphatic rings. The van der Waals surface area contributed by atoms with Gasteiger partial charge < -0.3 is 15.1 Å². The fraction of sp³-hybridized carbons (Fsp3) is 0.857. The first-order chi connectivity index (χ1) is 9.54. The van der Waals surface area contributed by atoms with E-state index in [4.69, 9.17) is 0 Å². The number of carbonyl (C=O) groups is 2. The molecule has 6 heteroatoms. The summed E-state index contributed by atoms with van der Waals surface area (Å²) in [5.74, 6) is 0.361. The Morgan fingerprint density at radius 1 is 1.15 bits per heavy atom. The second kappa shape index (κ2) is 8.92. The Labute approximate surface area is 122 Å². The molecule has 1 heterocycles. The molecule has 6 nitrogen and oxygen atoms in total. The van der Waals surface area contributed by atoms with Crippen LogP contribution in [0, 0.1) is 0 Å². The summed E-state index contributed by atoms with van der Waals surface area (Å²) in [4.78, 5) is 29.5. The van der Waals surface area contributed by atoms with Crippen molar-refractivity contribution in [2.24, 2.45) is 0 Å². The molecule has 2 amide bonds. The molecule has 20 heavy (non-hydrogen) atoms. The van der Waals surface area contributed by atoms with Gasteiger partial charge in [0.05, 0.1) is 6.54 Å². The van der Waals surface area contributed by atoms with Crippen LogP contribution in [-0.2, 0) is 9.59 Å². The molecule has 0 unspecified atom stereocenters. The van der Waals surface area contributed by atoms with Crippen molar-refractivity contribution < 1.29 is 9.59 Å². The molecule has 0 aliphatic carbocycles. The van der Waals surface area contributed by atoms with Gasteiger partial charge in [0.15, 0.2) is 0 Å². The van der Waals surface area contributed by atoms with Crippen molar-refractivity contribution in [2.45, 2.75) is 19.3 Å². The molecule has 1 saturated heterocycles. The van der Waals surface area contributed by atoms with Gasteiger partial charge in [-0.15, -0.1) is 0 Å². The van der Waals surface area contributed by atoms with Gasteiger partial charge in [0.2, 0.25) is 11.8 Å². The standard InChI is InChI=1S/C14H28N4O2/c1-15-7-4-6-13(19)18-9-5-8-17(10-11-18)12-14(20)16(2)3/h15H,4-12H2,1-3H3. The highest BCUT2D eigenvalue weighted by molar-refractivity contribution is 5.78. The molecule has 0 spiro atoms. The average molecular weight is 284 g/mol. The van der Waals surface area contributed by atoms with Gasteiger partial charge in [0.25, 0.3) is 0 Å². The Kier molecular flexibility index (Phi) is 7.54. The predicted molar refractivity (Wildman–Crippen MR) is 79.5 cm³/mol. The Morgan fingerprint density at radius 3 is 2.55 bits per heavy atom. The second-order valence-corrected chi connectivity index (χ2v) is 5.51. The van der Waals surface area contributed by atoms with Gasteiger partial charge in [-0.3, -0.25) is 14.5 Å². The molecule has 0 aromatic carbocycles. The highest BCUT2D eigenvalue weighted by Crippen LogP contribution is 2.06. The van der Waals surface area contributed by atoms with Crippen LogP contribution >= 0.6 is 0 Å². The molecule has 0 bridgehead atoms. The first-order valence-electron chi connectivity index (χ1n) is 7.39. The normalized spacial score (nSPS) is 16.9. The molecule has 116 valence electrons. The predicted octanol–water partition coefficient (Wildman–Crippen LogP) is -0.391. The second-order valence-electron chi connectivity index (χ2n) is 5.51. The van der Waals surface area contributed by atoms with E-state index in [1.165, 1.54) is 0 Å². The number of rotatable bonds is 6.